The number of rotatable bonds is 10. The molecule has 37 heavy (non-hydrogen) atoms. The predicted octanol–water partition coefficient (Wildman–Crippen LogP) is 4.93. The summed E-state index contributed by atoms with van der Waals surface area (Å²) in [6, 6.07) is 0. The second-order valence-corrected chi connectivity index (χ2v) is 13.0. The molecule has 8 atom stereocenters. The third kappa shape index (κ3) is 4.78. The minimum absolute atomic E-state index is 0.0113. The molecule has 0 aromatic heterocycles. The molecule has 0 saturated heterocycles. The van der Waals surface area contributed by atoms with E-state index >= 15 is 0 Å². The Balaban J connectivity index is 1.67. The summed E-state index contributed by atoms with van der Waals surface area (Å²) in [4.78, 5) is 38.2. The topological polar surface area (TPSA) is 89.9 Å². The molecule has 0 aromatic rings. The van der Waals surface area contributed by atoms with Crippen molar-refractivity contribution in [2.45, 2.75) is 84.3 Å². The first-order valence-electron chi connectivity index (χ1n) is 14.0. The van der Waals surface area contributed by atoms with E-state index in [9.17, 15) is 19.5 Å². The van der Waals surface area contributed by atoms with Crippen molar-refractivity contribution in [2.24, 2.45) is 34.5 Å². The third-order valence-electron chi connectivity index (χ3n) is 10.1. The maximum Gasteiger partial charge on any atom is 0.316 e. The summed E-state index contributed by atoms with van der Waals surface area (Å²) in [5.74, 6) is 0.283. The minimum Gasteiger partial charge on any atom is -0.457 e. The van der Waals surface area contributed by atoms with Crippen LogP contribution in [0.5, 0.6) is 0 Å². The van der Waals surface area contributed by atoms with Crippen LogP contribution in [0.2, 0.25) is 0 Å². The van der Waals surface area contributed by atoms with Gasteiger partial charge in [0, 0.05) is 23.4 Å². The van der Waals surface area contributed by atoms with Crippen LogP contribution in [-0.4, -0.2) is 59.6 Å². The predicted molar refractivity (Wildman–Crippen MR) is 145 cm³/mol. The van der Waals surface area contributed by atoms with Crippen LogP contribution in [0, 0.1) is 34.5 Å². The Bertz CT molecular complexity index is 973. The molecule has 6 nitrogen and oxygen atoms in total. The fourth-order valence-electron chi connectivity index (χ4n) is 8.53. The second-order valence-electron chi connectivity index (χ2n) is 12.2. The van der Waals surface area contributed by atoms with E-state index in [0.29, 0.717) is 19.4 Å². The van der Waals surface area contributed by atoms with E-state index in [0.717, 1.165) is 37.7 Å². The molecule has 1 N–H and O–H groups in total. The van der Waals surface area contributed by atoms with Crippen LogP contribution in [0.3, 0.4) is 0 Å². The fraction of sp³-hybridized carbons (Fsp3) is 0.767. The number of hydrogen-bond acceptors (Lipinski definition) is 7. The molecule has 0 amide bonds. The molecule has 0 heterocycles. The van der Waals surface area contributed by atoms with Gasteiger partial charge in [-0.15, -0.1) is 0 Å². The van der Waals surface area contributed by atoms with Crippen LogP contribution in [-0.2, 0) is 23.9 Å². The number of Topliss-reactive ketones (excluding diaryl/α,β-unsaturated/α-hetero) is 1. The van der Waals surface area contributed by atoms with E-state index in [1.165, 1.54) is 11.8 Å². The van der Waals surface area contributed by atoms with Crippen molar-refractivity contribution >= 4 is 29.3 Å². The van der Waals surface area contributed by atoms with E-state index in [4.69, 9.17) is 9.47 Å². The van der Waals surface area contributed by atoms with Crippen molar-refractivity contribution in [3.8, 4) is 0 Å². The van der Waals surface area contributed by atoms with Crippen molar-refractivity contribution in [1.29, 1.82) is 0 Å². The van der Waals surface area contributed by atoms with Gasteiger partial charge in [-0.05, 0) is 68.3 Å². The lowest BCUT2D eigenvalue weighted by Crippen LogP contribution is -2.63. The van der Waals surface area contributed by atoms with Gasteiger partial charge in [0.25, 0.3) is 0 Å². The maximum atomic E-state index is 13.9. The Morgan fingerprint density at radius 1 is 1.24 bits per heavy atom. The summed E-state index contributed by atoms with van der Waals surface area (Å²) in [5, 5.41) is 11.8. The quantitative estimate of drug-likeness (QED) is 0.315. The van der Waals surface area contributed by atoms with E-state index in [1.807, 2.05) is 12.3 Å². The molecule has 206 valence electrons. The monoisotopic (exact) mass is 532 g/mol. The number of ether oxygens (including phenoxy) is 2. The fourth-order valence-corrected chi connectivity index (χ4v) is 8.85. The number of allylic oxidation sites excluding steroid dienone is 4. The number of carbonyl (C=O) groups excluding carboxylic acids is 3. The molecule has 3 fully saturated rings. The molecule has 0 radical (unpaired) electrons. The second kappa shape index (κ2) is 11.0. The first kappa shape index (κ1) is 28.6. The first-order valence-corrected chi connectivity index (χ1v) is 15.4. The van der Waals surface area contributed by atoms with Crippen LogP contribution in [0.4, 0.5) is 0 Å². The summed E-state index contributed by atoms with van der Waals surface area (Å²) >= 11 is 1.37. The number of aliphatic hydroxyl groups excluding tert-OH is 1. The van der Waals surface area contributed by atoms with Crippen LogP contribution >= 0.6 is 11.8 Å². The summed E-state index contributed by atoms with van der Waals surface area (Å²) in [6.07, 6.45) is 12.4. The molecular formula is C30H44O6S. The highest BCUT2D eigenvalue weighted by Crippen LogP contribution is 2.68. The van der Waals surface area contributed by atoms with Crippen LogP contribution in [0.25, 0.3) is 0 Å². The first-order chi connectivity index (χ1) is 17.5. The van der Waals surface area contributed by atoms with Gasteiger partial charge < -0.3 is 14.6 Å². The van der Waals surface area contributed by atoms with E-state index in [-0.39, 0.29) is 53.0 Å². The van der Waals surface area contributed by atoms with Crippen molar-refractivity contribution in [2.75, 3.05) is 25.2 Å². The van der Waals surface area contributed by atoms with Crippen LogP contribution in [0.15, 0.2) is 23.8 Å². The lowest BCUT2D eigenvalue weighted by atomic mass is 9.44. The van der Waals surface area contributed by atoms with Gasteiger partial charge in [-0.3, -0.25) is 14.4 Å². The molecular weight excluding hydrogens is 488 g/mol. The van der Waals surface area contributed by atoms with Gasteiger partial charge >= 0.3 is 5.97 Å². The van der Waals surface area contributed by atoms with Crippen molar-refractivity contribution < 1.29 is 29.0 Å². The zero-order valence-corrected chi connectivity index (χ0v) is 23.9. The number of aliphatic hydroxyl groups is 1. The number of thioether (sulfide) groups is 1. The summed E-state index contributed by atoms with van der Waals surface area (Å²) < 4.78 is 12.0. The molecule has 0 spiro atoms. The number of esters is 1. The van der Waals surface area contributed by atoms with Gasteiger partial charge in [-0.2, -0.15) is 11.8 Å². The Morgan fingerprint density at radius 2 is 2.00 bits per heavy atom. The Morgan fingerprint density at radius 3 is 2.70 bits per heavy atom. The molecule has 4 rings (SSSR count). The molecule has 2 unspecified atom stereocenters. The summed E-state index contributed by atoms with van der Waals surface area (Å²) in [7, 11) is 0. The van der Waals surface area contributed by atoms with Gasteiger partial charge in [0.15, 0.2) is 12.4 Å². The highest BCUT2D eigenvalue weighted by molar-refractivity contribution is 7.99. The normalized spacial score (nSPS) is 40.4. The van der Waals surface area contributed by atoms with Gasteiger partial charge in [-0.1, -0.05) is 52.2 Å². The number of hydrogen-bond donors (Lipinski definition) is 1. The van der Waals surface area contributed by atoms with E-state index in [2.05, 4.69) is 27.7 Å². The molecule has 0 aromatic carbocycles. The molecule has 7 heteroatoms. The highest BCUT2D eigenvalue weighted by Gasteiger charge is 2.69. The smallest absolute Gasteiger partial charge is 0.316 e. The molecule has 0 aliphatic heterocycles. The van der Waals surface area contributed by atoms with E-state index < -0.39 is 23.1 Å². The van der Waals surface area contributed by atoms with Gasteiger partial charge in [0.05, 0.1) is 11.9 Å². The largest absolute Gasteiger partial charge is 0.457 e. The Labute approximate surface area is 226 Å². The molecule has 3 saturated carbocycles. The SMILES string of the molecule is CCCCCO[C@]1(C(=O)COC(=O)CSC)CC[C@H]2[C@@H]3CC(C)C4=CC(=O)C=C[C@]4(C)[C@H]3C(O)C[C@@]21C. The average molecular weight is 533 g/mol. The standard InChI is InChI=1S/C30H44O6S/c1-6-7-8-13-36-30(25(33)17-35-26(34)18-37-5)12-10-22-21-14-19(2)23-15-20(31)9-11-28(23,3)27(21)24(32)16-29(22,30)4/h9,11,15,19,21-22,24,27,32H,6-8,10,12-14,16-18H2,1-5H3/t19?,21-,22-,24?,27+,28-,29-,30-/m0/s1. The van der Waals surface area contributed by atoms with Crippen molar-refractivity contribution in [3.05, 3.63) is 23.8 Å². The summed E-state index contributed by atoms with van der Waals surface area (Å²) in [6.45, 7) is 8.81. The average Bonchev–Trinajstić information content (AvgIpc) is 3.14. The van der Waals surface area contributed by atoms with Crippen LogP contribution in [0.1, 0.15) is 72.6 Å². The highest BCUT2D eigenvalue weighted by atomic mass is 32.2. The van der Waals surface area contributed by atoms with Gasteiger partial charge in [-0.25, -0.2) is 0 Å². The zero-order chi connectivity index (χ0) is 27.0. The van der Waals surface area contributed by atoms with Crippen molar-refractivity contribution in [3.63, 3.8) is 0 Å². The third-order valence-corrected chi connectivity index (χ3v) is 10.6. The zero-order valence-electron chi connectivity index (χ0n) is 23.1. The number of unbranched alkanes of at least 4 members (excludes halogenated alkanes) is 2. The van der Waals surface area contributed by atoms with E-state index in [1.54, 1.807) is 12.2 Å². The molecule has 4 aliphatic carbocycles. The van der Waals surface area contributed by atoms with Crippen molar-refractivity contribution in [1.82, 2.24) is 0 Å². The van der Waals surface area contributed by atoms with Gasteiger partial charge in [0.2, 0.25) is 5.78 Å². The van der Waals surface area contributed by atoms with Gasteiger partial charge in [0.1, 0.15) is 5.60 Å². The Hall–Kier alpha value is -1.44. The molecule has 0 bridgehead atoms. The number of fused-ring (bicyclic) bond motifs is 5. The lowest BCUT2D eigenvalue weighted by molar-refractivity contribution is -0.196. The van der Waals surface area contributed by atoms with Crippen LogP contribution < -0.4 is 0 Å². The number of ketones is 2. The lowest BCUT2D eigenvalue weighted by Gasteiger charge is -2.61. The summed E-state index contributed by atoms with van der Waals surface area (Å²) in [5.41, 5.74) is -0.883. The maximum absolute atomic E-state index is 13.9. The molecule has 4 aliphatic rings. The number of carbonyl (C=O) groups is 3. The Kier molecular flexibility index (Phi) is 8.47. The minimum atomic E-state index is -1.07.